The number of amides is 1. The van der Waals surface area contributed by atoms with E-state index in [1.807, 2.05) is 24.1 Å². The number of hydrogen-bond acceptors (Lipinski definition) is 4. The minimum Gasteiger partial charge on any atom is -0.384 e. The number of hydrogen-bond donors (Lipinski definition) is 1. The molecule has 2 rings (SSSR count). The van der Waals surface area contributed by atoms with Gasteiger partial charge in [-0.05, 0) is 38.6 Å². The van der Waals surface area contributed by atoms with Crippen molar-refractivity contribution < 1.29 is 9.90 Å². The average Bonchev–Trinajstić information content (AvgIpc) is 2.92. The summed E-state index contributed by atoms with van der Waals surface area (Å²) >= 11 is 1.38. The number of aliphatic hydroxyl groups is 1. The molecule has 1 aliphatic heterocycles. The summed E-state index contributed by atoms with van der Waals surface area (Å²) in [6.45, 7) is 1.89. The number of aliphatic hydroxyl groups excluding tert-OH is 1. The van der Waals surface area contributed by atoms with Crippen LogP contribution in [0.4, 0.5) is 0 Å². The van der Waals surface area contributed by atoms with E-state index in [0.29, 0.717) is 4.88 Å². The molecule has 0 aliphatic carbocycles. The van der Waals surface area contributed by atoms with Gasteiger partial charge in [-0.15, -0.1) is 11.3 Å². The molecule has 1 fully saturated rings. The molecule has 1 unspecified atom stereocenters. The lowest BCUT2D eigenvalue weighted by atomic mass is 10.0. The van der Waals surface area contributed by atoms with Gasteiger partial charge in [0.15, 0.2) is 0 Å². The largest absolute Gasteiger partial charge is 0.384 e. The summed E-state index contributed by atoms with van der Waals surface area (Å²) in [6.07, 6.45) is 2.20. The number of likely N-dealkylation sites (tertiary alicyclic amines) is 1. The number of carbonyl (C=O) groups excluding carboxylic acids is 1. The fourth-order valence-electron chi connectivity index (χ4n) is 2.44. The van der Waals surface area contributed by atoms with Crippen molar-refractivity contribution in [1.29, 1.82) is 0 Å². The fraction of sp³-hybridized carbons (Fsp3) is 0.533. The van der Waals surface area contributed by atoms with Crippen molar-refractivity contribution in [2.45, 2.75) is 18.9 Å². The molecule has 2 heterocycles. The Labute approximate surface area is 124 Å². The van der Waals surface area contributed by atoms with E-state index in [1.165, 1.54) is 11.3 Å². The molecule has 4 nitrogen and oxygen atoms in total. The van der Waals surface area contributed by atoms with Crippen LogP contribution in [0.3, 0.4) is 0 Å². The topological polar surface area (TPSA) is 43.8 Å². The van der Waals surface area contributed by atoms with Crippen LogP contribution in [0.15, 0.2) is 12.1 Å². The van der Waals surface area contributed by atoms with E-state index >= 15 is 0 Å². The van der Waals surface area contributed by atoms with Gasteiger partial charge in [-0.1, -0.05) is 11.8 Å². The van der Waals surface area contributed by atoms with Crippen molar-refractivity contribution in [3.63, 3.8) is 0 Å². The second-order valence-electron chi connectivity index (χ2n) is 5.10. The molecule has 1 aliphatic rings. The van der Waals surface area contributed by atoms with Crippen molar-refractivity contribution in [3.8, 4) is 11.8 Å². The molecule has 108 valence electrons. The number of thiophene rings is 1. The zero-order valence-corrected chi connectivity index (χ0v) is 12.7. The number of rotatable bonds is 2. The first kappa shape index (κ1) is 15.0. The third-order valence-corrected chi connectivity index (χ3v) is 4.56. The van der Waals surface area contributed by atoms with Crippen molar-refractivity contribution in [2.24, 2.45) is 0 Å². The van der Waals surface area contributed by atoms with Gasteiger partial charge in [0.25, 0.3) is 5.91 Å². The van der Waals surface area contributed by atoms with Gasteiger partial charge >= 0.3 is 0 Å². The minimum atomic E-state index is -0.157. The molecule has 1 N–H and O–H groups in total. The van der Waals surface area contributed by atoms with Gasteiger partial charge in [0.05, 0.1) is 9.75 Å². The maximum atomic E-state index is 12.5. The Bertz CT molecular complexity index is 529. The van der Waals surface area contributed by atoms with E-state index in [4.69, 9.17) is 5.11 Å². The molecule has 5 heteroatoms. The predicted molar refractivity (Wildman–Crippen MR) is 80.9 cm³/mol. The molecule has 0 aromatic carbocycles. The van der Waals surface area contributed by atoms with Crippen molar-refractivity contribution in [1.82, 2.24) is 9.80 Å². The lowest BCUT2D eigenvalue weighted by Gasteiger charge is -2.35. The maximum absolute atomic E-state index is 12.5. The van der Waals surface area contributed by atoms with Crippen molar-refractivity contribution in [3.05, 3.63) is 21.9 Å². The molecule has 0 saturated carbocycles. The van der Waals surface area contributed by atoms with Crippen LogP contribution in [-0.2, 0) is 0 Å². The van der Waals surface area contributed by atoms with Gasteiger partial charge in [-0.2, -0.15) is 0 Å². The van der Waals surface area contributed by atoms with Crippen molar-refractivity contribution >= 4 is 17.2 Å². The molecule has 1 atom stereocenters. The molecule has 0 bridgehead atoms. The van der Waals surface area contributed by atoms with Gasteiger partial charge in [0.2, 0.25) is 0 Å². The SMILES string of the molecule is CN1CCCC(N(C)C(=O)c2ccc(C#CCO)s2)C1. The highest BCUT2D eigenvalue weighted by Crippen LogP contribution is 2.20. The van der Waals surface area contributed by atoms with E-state index in [2.05, 4.69) is 23.8 Å². The van der Waals surface area contributed by atoms with Crippen LogP contribution in [-0.4, -0.2) is 60.6 Å². The van der Waals surface area contributed by atoms with E-state index in [9.17, 15) is 4.79 Å². The summed E-state index contributed by atoms with van der Waals surface area (Å²) in [7, 11) is 3.98. The zero-order chi connectivity index (χ0) is 14.5. The molecule has 0 radical (unpaired) electrons. The van der Waals surface area contributed by atoms with Gasteiger partial charge in [-0.3, -0.25) is 4.79 Å². The summed E-state index contributed by atoms with van der Waals surface area (Å²) in [5, 5.41) is 8.68. The molecular weight excluding hydrogens is 272 g/mol. The zero-order valence-electron chi connectivity index (χ0n) is 11.9. The molecular formula is C15H20N2O2S. The maximum Gasteiger partial charge on any atom is 0.263 e. The predicted octanol–water partition coefficient (Wildman–Crippen LogP) is 1.26. The average molecular weight is 292 g/mol. The normalized spacial score (nSPS) is 19.2. The molecule has 1 aromatic heterocycles. The number of likely N-dealkylation sites (N-methyl/N-ethyl adjacent to an activating group) is 2. The number of nitrogens with zero attached hydrogens (tertiary/aromatic N) is 2. The second kappa shape index (κ2) is 6.89. The third-order valence-electron chi connectivity index (χ3n) is 3.58. The summed E-state index contributed by atoms with van der Waals surface area (Å²) in [5.41, 5.74) is 0. The second-order valence-corrected chi connectivity index (χ2v) is 6.18. The molecule has 20 heavy (non-hydrogen) atoms. The highest BCUT2D eigenvalue weighted by molar-refractivity contribution is 7.14. The summed E-state index contributed by atoms with van der Waals surface area (Å²) in [6, 6.07) is 3.94. The first-order valence-electron chi connectivity index (χ1n) is 6.77. The van der Waals surface area contributed by atoms with Gasteiger partial charge in [-0.25, -0.2) is 0 Å². The van der Waals surface area contributed by atoms with Crippen molar-refractivity contribution in [2.75, 3.05) is 33.8 Å². The minimum absolute atomic E-state index is 0.0624. The third kappa shape index (κ3) is 3.60. The molecule has 0 spiro atoms. The molecule has 1 aromatic rings. The molecule has 1 saturated heterocycles. The van der Waals surface area contributed by atoms with Crippen LogP contribution in [0, 0.1) is 11.8 Å². The number of carbonyl (C=O) groups is 1. The number of piperidine rings is 1. The van der Waals surface area contributed by atoms with E-state index < -0.39 is 0 Å². The Morgan fingerprint density at radius 1 is 1.60 bits per heavy atom. The first-order valence-corrected chi connectivity index (χ1v) is 7.58. The lowest BCUT2D eigenvalue weighted by molar-refractivity contribution is 0.0649. The quantitative estimate of drug-likeness (QED) is 0.835. The Kier molecular flexibility index (Phi) is 5.18. The van der Waals surface area contributed by atoms with Crippen LogP contribution in [0.25, 0.3) is 0 Å². The van der Waals surface area contributed by atoms with Crippen LogP contribution < -0.4 is 0 Å². The van der Waals surface area contributed by atoms with Gasteiger partial charge in [0.1, 0.15) is 6.61 Å². The van der Waals surface area contributed by atoms with Crippen LogP contribution in [0.5, 0.6) is 0 Å². The van der Waals surface area contributed by atoms with E-state index in [-0.39, 0.29) is 18.6 Å². The van der Waals surface area contributed by atoms with Crippen LogP contribution >= 0.6 is 11.3 Å². The van der Waals surface area contributed by atoms with Crippen LogP contribution in [0.2, 0.25) is 0 Å². The highest BCUT2D eigenvalue weighted by atomic mass is 32.1. The Morgan fingerprint density at radius 3 is 3.10 bits per heavy atom. The Hall–Kier alpha value is -1.35. The smallest absolute Gasteiger partial charge is 0.263 e. The fourth-order valence-corrected chi connectivity index (χ4v) is 3.31. The summed E-state index contributed by atoms with van der Waals surface area (Å²) < 4.78 is 0. The van der Waals surface area contributed by atoms with E-state index in [0.717, 1.165) is 30.8 Å². The lowest BCUT2D eigenvalue weighted by Crippen LogP contribution is -2.47. The van der Waals surface area contributed by atoms with Gasteiger partial charge in [0, 0.05) is 19.6 Å². The highest BCUT2D eigenvalue weighted by Gasteiger charge is 2.25. The summed E-state index contributed by atoms with van der Waals surface area (Å²) in [4.78, 5) is 18.1. The standard InChI is InChI=1S/C15H20N2O2S/c1-16-9-3-5-12(11-16)17(2)15(19)14-8-7-13(20-14)6-4-10-18/h7-8,12,18H,3,5,9-11H2,1-2H3. The van der Waals surface area contributed by atoms with Crippen LogP contribution in [0.1, 0.15) is 27.4 Å². The van der Waals surface area contributed by atoms with Gasteiger partial charge < -0.3 is 14.9 Å². The first-order chi connectivity index (χ1) is 9.61. The summed E-state index contributed by atoms with van der Waals surface area (Å²) in [5.74, 6) is 5.50. The Balaban J connectivity index is 2.04. The van der Waals surface area contributed by atoms with E-state index in [1.54, 1.807) is 0 Å². The monoisotopic (exact) mass is 292 g/mol. The Morgan fingerprint density at radius 2 is 2.40 bits per heavy atom. The molecule has 1 amide bonds.